The van der Waals surface area contributed by atoms with Crippen LogP contribution in [0.4, 0.5) is 11.4 Å². The minimum atomic E-state index is -0.350. The number of pyridine rings is 2. The van der Waals surface area contributed by atoms with Gasteiger partial charge in [-0.25, -0.2) is 9.97 Å². The van der Waals surface area contributed by atoms with Gasteiger partial charge in [0.2, 0.25) is 0 Å². The van der Waals surface area contributed by atoms with Crippen LogP contribution < -0.4 is 0 Å². The molecule has 0 aliphatic rings. The van der Waals surface area contributed by atoms with E-state index in [1.807, 2.05) is 169 Å². The number of halogens is 1. The minimum absolute atomic E-state index is 0.0775. The second-order valence-corrected chi connectivity index (χ2v) is 17.7. The van der Waals surface area contributed by atoms with Gasteiger partial charge in [0.25, 0.3) is 11.4 Å². The maximum Gasteiger partial charge on any atom is 0.277 e. The van der Waals surface area contributed by atoms with Crippen LogP contribution in [0.2, 0.25) is 0 Å². The van der Waals surface area contributed by atoms with E-state index in [0.29, 0.717) is 11.1 Å². The highest BCUT2D eigenvalue weighted by molar-refractivity contribution is 9.10. The Morgan fingerprint density at radius 3 is 1.42 bits per heavy atom. The average Bonchev–Trinajstić information content (AvgIpc) is 4.13. The van der Waals surface area contributed by atoms with Crippen LogP contribution in [-0.4, -0.2) is 29.4 Å². The van der Waals surface area contributed by atoms with Gasteiger partial charge in [-0.1, -0.05) is 182 Å². The van der Waals surface area contributed by atoms with E-state index < -0.39 is 0 Å². The van der Waals surface area contributed by atoms with Crippen molar-refractivity contribution in [2.45, 2.75) is 0 Å². The van der Waals surface area contributed by atoms with Gasteiger partial charge in [-0.3, -0.25) is 20.2 Å². The van der Waals surface area contributed by atoms with Gasteiger partial charge in [-0.05, 0) is 92.1 Å². The molecule has 1 N–H and O–H groups in total. The Balaban J connectivity index is 0.000000139. The fourth-order valence-corrected chi connectivity index (χ4v) is 9.32. The molecule has 0 amide bonds. The minimum Gasteiger partial charge on any atom is -0.361 e. The molecular formula is C62H43BrN6O4. The molecule has 0 aliphatic heterocycles. The molecule has 0 radical (unpaired) electrons. The normalized spacial score (nSPS) is 10.8. The summed E-state index contributed by atoms with van der Waals surface area (Å²) in [5.74, 6) is 0.747. The van der Waals surface area contributed by atoms with E-state index in [-0.39, 0.29) is 21.2 Å². The van der Waals surface area contributed by atoms with Crippen molar-refractivity contribution in [3.05, 3.63) is 280 Å². The Labute approximate surface area is 429 Å². The topological polar surface area (TPSA) is 133 Å². The molecule has 12 rings (SSSR count). The Hall–Kier alpha value is -9.58. The molecular weight excluding hydrogens is 973 g/mol. The molecule has 0 saturated carbocycles. The fraction of sp³-hybridized carbons (Fsp3) is 0. The van der Waals surface area contributed by atoms with Gasteiger partial charge in [-0.2, -0.15) is 0 Å². The van der Waals surface area contributed by atoms with Crippen LogP contribution in [0.25, 0.3) is 94.6 Å². The molecule has 0 spiro atoms. The summed E-state index contributed by atoms with van der Waals surface area (Å²) in [7, 11) is 0. The molecule has 11 heteroatoms. The third-order valence-electron chi connectivity index (χ3n) is 12.3. The van der Waals surface area contributed by atoms with Gasteiger partial charge in [0.1, 0.15) is 10.4 Å². The second kappa shape index (κ2) is 21.6. The smallest absolute Gasteiger partial charge is 0.277 e. The lowest BCUT2D eigenvalue weighted by Crippen LogP contribution is -2.00. The molecule has 8 aromatic carbocycles. The first-order valence-electron chi connectivity index (χ1n) is 23.3. The number of hydrogen-bond donors (Lipinski definition) is 1. The van der Waals surface area contributed by atoms with Crippen LogP contribution in [0.1, 0.15) is 0 Å². The number of nitrogens with one attached hydrogen (secondary N) is 1. The van der Waals surface area contributed by atoms with E-state index in [2.05, 4.69) is 80.5 Å². The van der Waals surface area contributed by atoms with E-state index >= 15 is 0 Å². The predicted molar refractivity (Wildman–Crippen MR) is 297 cm³/mol. The third-order valence-corrected chi connectivity index (χ3v) is 12.7. The van der Waals surface area contributed by atoms with Gasteiger partial charge in [-0.15, -0.1) is 0 Å². The number of nitrogens with zero attached hydrogens (tertiary/aromatic N) is 5. The highest BCUT2D eigenvalue weighted by atomic mass is 79.9. The predicted octanol–water partition coefficient (Wildman–Crippen LogP) is 16.9. The van der Waals surface area contributed by atoms with Crippen LogP contribution in [0, 0.1) is 20.2 Å². The average molecular weight is 1020 g/mol. The zero-order valence-electron chi connectivity index (χ0n) is 39.0. The number of aromatic nitrogens is 4. The van der Waals surface area contributed by atoms with E-state index in [9.17, 15) is 20.2 Å². The molecule has 0 bridgehead atoms. The van der Waals surface area contributed by atoms with Gasteiger partial charge in [0, 0.05) is 52.2 Å². The number of para-hydroxylation sites is 4. The summed E-state index contributed by atoms with van der Waals surface area (Å²) in [6, 6.07) is 78.5. The zero-order valence-corrected chi connectivity index (χ0v) is 40.6. The van der Waals surface area contributed by atoms with E-state index in [0.717, 1.165) is 77.0 Å². The molecule has 0 fully saturated rings. The number of benzene rings is 8. The number of nitro groups is 2. The molecule has 4 aromatic heterocycles. The van der Waals surface area contributed by atoms with Crippen LogP contribution in [0.5, 0.6) is 0 Å². The molecule has 0 saturated heterocycles. The summed E-state index contributed by atoms with van der Waals surface area (Å²) in [6.45, 7) is 0. The zero-order chi connectivity index (χ0) is 50.1. The quantitative estimate of drug-likeness (QED) is 0.0870. The molecule has 0 unspecified atom stereocenters. The number of hydrogen-bond acceptors (Lipinski definition) is 6. The molecule has 10 nitrogen and oxygen atoms in total. The molecule has 0 atom stereocenters. The first kappa shape index (κ1) is 47.1. The summed E-state index contributed by atoms with van der Waals surface area (Å²) in [4.78, 5) is 34.9. The number of rotatable bonds is 9. The summed E-state index contributed by atoms with van der Waals surface area (Å²) >= 11 is 3.50. The molecule has 12 aromatic rings. The summed E-state index contributed by atoms with van der Waals surface area (Å²) in [6.07, 6.45) is 3.82. The summed E-state index contributed by atoms with van der Waals surface area (Å²) in [5.41, 5.74) is 13.3. The Kier molecular flexibility index (Phi) is 13.9. The number of aromatic amines is 1. The van der Waals surface area contributed by atoms with Crippen molar-refractivity contribution >= 4 is 49.1 Å². The Morgan fingerprint density at radius 1 is 0.411 bits per heavy atom. The molecule has 4 heterocycles. The van der Waals surface area contributed by atoms with Crippen LogP contribution in [-0.2, 0) is 0 Å². The third kappa shape index (κ3) is 10.5. The standard InChI is InChI=1S/C31H21N3O2.C17H12BrN.C14H10N2O2/c35-34(36)29-17-8-7-15-26(29)27-16-9-14-24-18-19-33(31(24)27)30-21-25(22-10-3-1-4-11-22)20-28(32-30)23-12-5-2-6-13-23;18-17-12-15(13-7-3-1-4-8-13)11-16(19-17)14-9-5-2-6-10-14;17-16(18)13-7-2-1-5-11(13)12-6-3-4-10-8-9-15-14(10)12/h1-21H;1-12H;1-9,15H. The SMILES string of the molecule is Brc1cc(-c2ccccc2)cc(-c2ccccc2)n1.O=[N+]([O-])c1ccccc1-c1cccc2cc[nH]c12.O=[N+]([O-])c1ccccc1-c1cccc2ccn(-c3cc(-c4ccccc4)cc(-c4ccccc4)n3)c12. The van der Waals surface area contributed by atoms with Crippen LogP contribution in [0.3, 0.4) is 0 Å². The van der Waals surface area contributed by atoms with Gasteiger partial charge < -0.3 is 9.55 Å². The van der Waals surface area contributed by atoms with Gasteiger partial charge in [0.15, 0.2) is 0 Å². The monoisotopic (exact) mass is 1010 g/mol. The maximum atomic E-state index is 11.8. The van der Waals surface area contributed by atoms with Crippen molar-refractivity contribution in [3.63, 3.8) is 0 Å². The Morgan fingerprint density at radius 2 is 0.863 bits per heavy atom. The van der Waals surface area contributed by atoms with Gasteiger partial charge in [0.05, 0.1) is 43.4 Å². The first-order chi connectivity index (χ1) is 35.8. The summed E-state index contributed by atoms with van der Waals surface area (Å²) in [5, 5.41) is 24.9. The van der Waals surface area contributed by atoms with Crippen molar-refractivity contribution in [3.8, 4) is 72.8 Å². The van der Waals surface area contributed by atoms with Crippen molar-refractivity contribution < 1.29 is 9.85 Å². The van der Waals surface area contributed by atoms with Crippen LogP contribution in [0.15, 0.2) is 260 Å². The first-order valence-corrected chi connectivity index (χ1v) is 24.1. The highest BCUT2D eigenvalue weighted by Crippen LogP contribution is 2.38. The number of fused-ring (bicyclic) bond motifs is 2. The fourth-order valence-electron chi connectivity index (χ4n) is 8.88. The van der Waals surface area contributed by atoms with Crippen molar-refractivity contribution in [2.24, 2.45) is 0 Å². The van der Waals surface area contributed by atoms with Crippen molar-refractivity contribution in [1.82, 2.24) is 19.5 Å². The molecule has 73 heavy (non-hydrogen) atoms. The number of nitro benzene ring substituents is 2. The van der Waals surface area contributed by atoms with E-state index in [1.54, 1.807) is 30.3 Å². The second-order valence-electron chi connectivity index (χ2n) is 16.9. The van der Waals surface area contributed by atoms with Crippen molar-refractivity contribution in [1.29, 1.82) is 0 Å². The Bertz CT molecular complexity index is 3770. The lowest BCUT2D eigenvalue weighted by Gasteiger charge is -2.14. The van der Waals surface area contributed by atoms with Crippen molar-refractivity contribution in [2.75, 3.05) is 0 Å². The lowest BCUT2D eigenvalue weighted by atomic mass is 10.0. The maximum absolute atomic E-state index is 11.8. The summed E-state index contributed by atoms with van der Waals surface area (Å²) < 4.78 is 2.88. The largest absolute Gasteiger partial charge is 0.361 e. The lowest BCUT2D eigenvalue weighted by molar-refractivity contribution is -0.384. The van der Waals surface area contributed by atoms with Gasteiger partial charge >= 0.3 is 0 Å². The number of H-pyrrole nitrogens is 1. The molecule has 352 valence electrons. The van der Waals surface area contributed by atoms with Crippen LogP contribution >= 0.6 is 15.9 Å². The van der Waals surface area contributed by atoms with E-state index in [4.69, 9.17) is 4.98 Å². The molecule has 0 aliphatic carbocycles. The van der Waals surface area contributed by atoms with E-state index in [1.165, 1.54) is 17.2 Å². The highest BCUT2D eigenvalue weighted by Gasteiger charge is 2.20.